The number of aromatic amines is 1. The van der Waals surface area contributed by atoms with Crippen molar-refractivity contribution < 1.29 is 4.79 Å². The molecule has 5 nitrogen and oxygen atoms in total. The Hall–Kier alpha value is -1.36. The molecule has 1 aromatic heterocycles. The van der Waals surface area contributed by atoms with Crippen LogP contribution >= 0.6 is 0 Å². The Morgan fingerprint density at radius 2 is 2.16 bits per heavy atom. The third-order valence-corrected chi connectivity index (χ3v) is 3.46. The zero-order chi connectivity index (χ0) is 14.3. The van der Waals surface area contributed by atoms with Gasteiger partial charge in [0.2, 0.25) is 0 Å². The summed E-state index contributed by atoms with van der Waals surface area (Å²) in [7, 11) is 0. The van der Waals surface area contributed by atoms with Crippen LogP contribution in [-0.2, 0) is 0 Å². The number of amides is 1. The molecule has 19 heavy (non-hydrogen) atoms. The highest BCUT2D eigenvalue weighted by Crippen LogP contribution is 2.05. The Balaban J connectivity index is 2.30. The van der Waals surface area contributed by atoms with E-state index in [0.29, 0.717) is 5.56 Å². The molecular formula is C14H26N4O. The number of aromatic nitrogens is 2. The van der Waals surface area contributed by atoms with E-state index < -0.39 is 0 Å². The van der Waals surface area contributed by atoms with Crippen LogP contribution in [0.4, 0.5) is 0 Å². The largest absolute Gasteiger partial charge is 0.349 e. The molecule has 0 aliphatic rings. The average Bonchev–Trinajstić information content (AvgIpc) is 2.81. The van der Waals surface area contributed by atoms with Crippen molar-refractivity contribution in [3.05, 3.63) is 17.5 Å². The number of carbonyl (C=O) groups is 1. The molecule has 0 saturated heterocycles. The number of nitrogens with zero attached hydrogens (tertiary/aromatic N) is 2. The first-order chi connectivity index (χ1) is 9.08. The Morgan fingerprint density at radius 1 is 1.47 bits per heavy atom. The molecule has 1 amide bonds. The molecule has 5 heteroatoms. The van der Waals surface area contributed by atoms with Crippen molar-refractivity contribution in [2.75, 3.05) is 19.6 Å². The summed E-state index contributed by atoms with van der Waals surface area (Å²) in [4.78, 5) is 14.4. The van der Waals surface area contributed by atoms with Crippen molar-refractivity contribution in [3.8, 4) is 0 Å². The standard InChI is InChI=1S/C14H26N4O/c1-5-18(6-2)9-7-8-11(3)16-14(19)13-10-15-17-12(13)4/h10-11H,5-9H2,1-4H3,(H,15,17)(H,16,19). The van der Waals surface area contributed by atoms with Gasteiger partial charge in [-0.15, -0.1) is 0 Å². The smallest absolute Gasteiger partial charge is 0.254 e. The van der Waals surface area contributed by atoms with Crippen LogP contribution in [0.3, 0.4) is 0 Å². The summed E-state index contributed by atoms with van der Waals surface area (Å²) in [5.74, 6) is -0.0402. The number of carbonyl (C=O) groups excluding carboxylic acids is 1. The summed E-state index contributed by atoms with van der Waals surface area (Å²) in [6.45, 7) is 11.5. The molecule has 0 aromatic carbocycles. The number of rotatable bonds is 8. The van der Waals surface area contributed by atoms with Crippen molar-refractivity contribution in [3.63, 3.8) is 0 Å². The van der Waals surface area contributed by atoms with E-state index in [4.69, 9.17) is 0 Å². The summed E-state index contributed by atoms with van der Waals surface area (Å²) in [5.41, 5.74) is 1.45. The van der Waals surface area contributed by atoms with Gasteiger partial charge in [-0.25, -0.2) is 0 Å². The van der Waals surface area contributed by atoms with Crippen LogP contribution in [0.25, 0.3) is 0 Å². The normalized spacial score (nSPS) is 12.7. The molecule has 0 saturated carbocycles. The van der Waals surface area contributed by atoms with Gasteiger partial charge in [-0.05, 0) is 46.3 Å². The predicted octanol–water partition coefficient (Wildman–Crippen LogP) is 1.96. The van der Waals surface area contributed by atoms with Gasteiger partial charge < -0.3 is 10.2 Å². The molecule has 1 atom stereocenters. The summed E-state index contributed by atoms with van der Waals surface area (Å²) in [6.07, 6.45) is 3.68. The van der Waals surface area contributed by atoms with Crippen LogP contribution in [0.15, 0.2) is 6.20 Å². The maximum absolute atomic E-state index is 12.0. The van der Waals surface area contributed by atoms with Crippen molar-refractivity contribution in [1.29, 1.82) is 0 Å². The van der Waals surface area contributed by atoms with Crippen LogP contribution < -0.4 is 5.32 Å². The lowest BCUT2D eigenvalue weighted by Crippen LogP contribution is -2.33. The number of H-pyrrole nitrogens is 1. The lowest BCUT2D eigenvalue weighted by Gasteiger charge is -2.19. The molecule has 1 aromatic rings. The second-order valence-corrected chi connectivity index (χ2v) is 4.95. The molecule has 0 aliphatic heterocycles. The zero-order valence-electron chi connectivity index (χ0n) is 12.5. The topological polar surface area (TPSA) is 61.0 Å². The Labute approximate surface area is 115 Å². The number of aryl methyl sites for hydroxylation is 1. The fourth-order valence-electron chi connectivity index (χ4n) is 2.11. The molecule has 1 unspecified atom stereocenters. The maximum atomic E-state index is 12.0. The van der Waals surface area contributed by atoms with Gasteiger partial charge in [0.1, 0.15) is 0 Å². The summed E-state index contributed by atoms with van der Waals surface area (Å²) in [5, 5.41) is 9.66. The van der Waals surface area contributed by atoms with Crippen LogP contribution in [0.2, 0.25) is 0 Å². The van der Waals surface area contributed by atoms with Gasteiger partial charge in [-0.3, -0.25) is 9.89 Å². The van der Waals surface area contributed by atoms with Gasteiger partial charge in [-0.2, -0.15) is 5.10 Å². The minimum atomic E-state index is -0.0402. The number of hydrogen-bond donors (Lipinski definition) is 2. The van der Waals surface area contributed by atoms with E-state index in [9.17, 15) is 4.79 Å². The molecule has 2 N–H and O–H groups in total. The predicted molar refractivity (Wildman–Crippen MR) is 77.3 cm³/mol. The molecule has 0 aliphatic carbocycles. The van der Waals surface area contributed by atoms with Gasteiger partial charge in [0.25, 0.3) is 5.91 Å². The second kappa shape index (κ2) is 7.94. The fraction of sp³-hybridized carbons (Fsp3) is 0.714. The van der Waals surface area contributed by atoms with Crippen molar-refractivity contribution in [1.82, 2.24) is 20.4 Å². The van der Waals surface area contributed by atoms with Crippen LogP contribution in [0.1, 0.15) is 49.7 Å². The van der Waals surface area contributed by atoms with E-state index in [2.05, 4.69) is 41.2 Å². The summed E-state index contributed by atoms with van der Waals surface area (Å²) < 4.78 is 0. The number of hydrogen-bond acceptors (Lipinski definition) is 3. The van der Waals surface area contributed by atoms with E-state index in [1.165, 1.54) is 0 Å². The lowest BCUT2D eigenvalue weighted by molar-refractivity contribution is 0.0936. The Kier molecular flexibility index (Phi) is 6.56. The minimum Gasteiger partial charge on any atom is -0.349 e. The summed E-state index contributed by atoms with van der Waals surface area (Å²) in [6, 6.07) is 0.192. The van der Waals surface area contributed by atoms with Crippen LogP contribution in [0.5, 0.6) is 0 Å². The van der Waals surface area contributed by atoms with Gasteiger partial charge in [-0.1, -0.05) is 13.8 Å². The second-order valence-electron chi connectivity index (χ2n) is 4.95. The lowest BCUT2D eigenvalue weighted by atomic mass is 10.1. The molecule has 0 radical (unpaired) electrons. The van der Waals surface area contributed by atoms with Crippen LogP contribution in [0, 0.1) is 6.92 Å². The molecule has 108 valence electrons. The molecule has 1 rings (SSSR count). The molecule has 0 fully saturated rings. The first-order valence-corrected chi connectivity index (χ1v) is 7.11. The Bertz CT molecular complexity index is 385. The highest BCUT2D eigenvalue weighted by atomic mass is 16.1. The van der Waals surface area contributed by atoms with Crippen LogP contribution in [-0.4, -0.2) is 46.7 Å². The van der Waals surface area contributed by atoms with E-state index in [0.717, 1.165) is 38.2 Å². The van der Waals surface area contributed by atoms with Gasteiger partial charge >= 0.3 is 0 Å². The van der Waals surface area contributed by atoms with Gasteiger partial charge in [0.05, 0.1) is 11.8 Å². The van der Waals surface area contributed by atoms with Crippen molar-refractivity contribution in [2.45, 2.75) is 46.6 Å². The molecular weight excluding hydrogens is 240 g/mol. The first kappa shape index (κ1) is 15.7. The fourth-order valence-corrected chi connectivity index (χ4v) is 2.11. The van der Waals surface area contributed by atoms with Gasteiger partial charge in [0, 0.05) is 11.7 Å². The quantitative estimate of drug-likeness (QED) is 0.756. The third kappa shape index (κ3) is 5.03. The first-order valence-electron chi connectivity index (χ1n) is 7.11. The van der Waals surface area contributed by atoms with Gasteiger partial charge in [0.15, 0.2) is 0 Å². The van der Waals surface area contributed by atoms with Crippen molar-refractivity contribution in [2.24, 2.45) is 0 Å². The molecule has 0 spiro atoms. The van der Waals surface area contributed by atoms with Crippen molar-refractivity contribution >= 4 is 5.91 Å². The average molecular weight is 266 g/mol. The number of nitrogens with one attached hydrogen (secondary N) is 2. The maximum Gasteiger partial charge on any atom is 0.254 e. The van der Waals surface area contributed by atoms with E-state index in [-0.39, 0.29) is 11.9 Å². The molecule has 1 heterocycles. The SMILES string of the molecule is CCN(CC)CCCC(C)NC(=O)c1cn[nH]c1C. The third-order valence-electron chi connectivity index (χ3n) is 3.46. The Morgan fingerprint density at radius 3 is 2.68 bits per heavy atom. The minimum absolute atomic E-state index is 0.0402. The van der Waals surface area contributed by atoms with E-state index >= 15 is 0 Å². The van der Waals surface area contributed by atoms with E-state index in [1.807, 2.05) is 6.92 Å². The van der Waals surface area contributed by atoms with E-state index in [1.54, 1.807) is 6.20 Å². The monoisotopic (exact) mass is 266 g/mol. The molecule has 0 bridgehead atoms. The highest BCUT2D eigenvalue weighted by molar-refractivity contribution is 5.95. The highest BCUT2D eigenvalue weighted by Gasteiger charge is 2.13. The summed E-state index contributed by atoms with van der Waals surface area (Å²) >= 11 is 0. The zero-order valence-corrected chi connectivity index (χ0v) is 12.5.